The number of hydrogen-bond donors (Lipinski definition) is 1. The van der Waals surface area contributed by atoms with Gasteiger partial charge in [-0.15, -0.1) is 0 Å². The number of carbonyl (C=O) groups excluding carboxylic acids is 3. The highest BCUT2D eigenvalue weighted by Crippen LogP contribution is 2.41. The number of amides is 3. The van der Waals surface area contributed by atoms with Gasteiger partial charge in [0.05, 0.1) is 18.8 Å². The smallest absolute Gasteiger partial charge is 0.410 e. The van der Waals surface area contributed by atoms with E-state index in [1.54, 1.807) is 29.4 Å². The van der Waals surface area contributed by atoms with Gasteiger partial charge >= 0.3 is 6.09 Å². The van der Waals surface area contributed by atoms with Crippen LogP contribution in [0.4, 0.5) is 21.9 Å². The van der Waals surface area contributed by atoms with Gasteiger partial charge in [0.2, 0.25) is 11.8 Å². The van der Waals surface area contributed by atoms with Gasteiger partial charge in [0.25, 0.3) is 0 Å². The number of anilines is 2. The first-order chi connectivity index (χ1) is 24.9. The molecule has 1 unspecified atom stereocenters. The maximum atomic E-state index is 13.9. The molecule has 0 bridgehead atoms. The molecular weight excluding hydrogens is 665 g/mol. The van der Waals surface area contributed by atoms with Crippen molar-refractivity contribution in [2.75, 3.05) is 43.6 Å². The summed E-state index contributed by atoms with van der Waals surface area (Å²) >= 11 is 1.40. The third-order valence-corrected chi connectivity index (χ3v) is 10.0. The summed E-state index contributed by atoms with van der Waals surface area (Å²) in [4.78, 5) is 54.5. The second-order valence-corrected chi connectivity index (χ2v) is 13.4. The highest BCUT2D eigenvalue weighted by Gasteiger charge is 2.39. The number of thioether (sulfide) groups is 1. The number of hydrogen-bond acceptors (Lipinski definition) is 9. The first-order valence-corrected chi connectivity index (χ1v) is 18.0. The van der Waals surface area contributed by atoms with Crippen LogP contribution >= 0.6 is 11.8 Å². The molecular formula is C39H42N6O5S. The highest BCUT2D eigenvalue weighted by molar-refractivity contribution is 8.15. The van der Waals surface area contributed by atoms with Crippen LogP contribution in [-0.4, -0.2) is 77.3 Å². The number of benzene rings is 3. The summed E-state index contributed by atoms with van der Waals surface area (Å²) in [5, 5.41) is 3.04. The van der Waals surface area contributed by atoms with Crippen molar-refractivity contribution in [3.8, 4) is 0 Å². The Morgan fingerprint density at radius 3 is 2.49 bits per heavy atom. The summed E-state index contributed by atoms with van der Waals surface area (Å²) in [6.07, 6.45) is 4.23. The van der Waals surface area contributed by atoms with Crippen LogP contribution in [0.5, 0.6) is 0 Å². The Balaban J connectivity index is 1.12. The fraction of sp³-hybridized carbons (Fsp3) is 0.308. The molecule has 1 N–H and O–H groups in total. The number of pyridine rings is 1. The van der Waals surface area contributed by atoms with Crippen molar-refractivity contribution in [3.63, 3.8) is 0 Å². The van der Waals surface area contributed by atoms with Gasteiger partial charge < -0.3 is 19.7 Å². The second-order valence-electron chi connectivity index (χ2n) is 12.3. The summed E-state index contributed by atoms with van der Waals surface area (Å²) in [7, 11) is 2.02. The lowest BCUT2D eigenvalue weighted by molar-refractivity contribution is -0.126. The molecule has 4 aromatic rings. The number of rotatable bonds is 13. The quantitative estimate of drug-likeness (QED) is 0.151. The Morgan fingerprint density at radius 2 is 1.76 bits per heavy atom. The number of aliphatic imine (C=N–C) groups is 1. The van der Waals surface area contributed by atoms with E-state index in [4.69, 9.17) is 14.5 Å². The molecule has 0 saturated carbocycles. The average molecular weight is 707 g/mol. The van der Waals surface area contributed by atoms with Crippen LogP contribution in [0, 0.1) is 0 Å². The van der Waals surface area contributed by atoms with Crippen molar-refractivity contribution in [2.24, 2.45) is 4.99 Å². The van der Waals surface area contributed by atoms with Crippen LogP contribution < -0.4 is 10.2 Å². The molecule has 11 nitrogen and oxygen atoms in total. The molecule has 2 fully saturated rings. The van der Waals surface area contributed by atoms with Gasteiger partial charge in [0.1, 0.15) is 17.9 Å². The van der Waals surface area contributed by atoms with E-state index in [1.807, 2.05) is 92.8 Å². The normalized spacial score (nSPS) is 17.9. The van der Waals surface area contributed by atoms with Gasteiger partial charge in [-0.3, -0.25) is 24.4 Å². The number of aromatic nitrogens is 1. The standard InChI is InChI=1S/C39H42N6O5S/c1-3-49-24-23-43(2)33-19-17-32(18-20-33)42-38-45(26-29-11-7-21-40-25-29)37(47)35(51-38)30-13-15-31(16-14-30)41-36(46)34-12-8-22-44(34)39(48)50-27-28-9-5-4-6-10-28/h4-7,9-11,13-21,25,34-35H,3,8,12,22-24,26-27H2,1-2H3,(H,41,46)/t34-,35?/m0/s1. The Kier molecular flexibility index (Phi) is 12.0. The fourth-order valence-electron chi connectivity index (χ4n) is 5.97. The number of ether oxygens (including phenoxy) is 2. The van der Waals surface area contributed by atoms with E-state index in [1.165, 1.54) is 16.7 Å². The number of amidine groups is 1. The van der Waals surface area contributed by atoms with Crippen LogP contribution in [0.15, 0.2) is 108 Å². The number of nitrogens with zero attached hydrogens (tertiary/aromatic N) is 5. The molecule has 1 aromatic heterocycles. The SMILES string of the molecule is CCOCCN(C)c1ccc(N=C2SC(c3ccc(NC(=O)[C@@H]4CCCN4C(=O)OCc4ccccc4)cc3)C(=O)N2Cc2cccnc2)cc1. The first kappa shape index (κ1) is 35.6. The Hall–Kier alpha value is -5.20. The third kappa shape index (κ3) is 9.13. The van der Waals surface area contributed by atoms with E-state index in [-0.39, 0.29) is 18.4 Å². The van der Waals surface area contributed by atoms with E-state index in [0.717, 1.165) is 34.6 Å². The molecule has 264 valence electrons. The molecule has 0 aliphatic carbocycles. The molecule has 2 atom stereocenters. The van der Waals surface area contributed by atoms with Crippen molar-refractivity contribution in [1.82, 2.24) is 14.8 Å². The molecule has 0 spiro atoms. The van der Waals surface area contributed by atoms with Crippen LogP contribution in [0.3, 0.4) is 0 Å². The maximum absolute atomic E-state index is 13.9. The Morgan fingerprint density at radius 1 is 1.00 bits per heavy atom. The lowest BCUT2D eigenvalue weighted by Crippen LogP contribution is -2.43. The fourth-order valence-corrected chi connectivity index (χ4v) is 7.14. The van der Waals surface area contributed by atoms with Crippen molar-refractivity contribution in [3.05, 3.63) is 120 Å². The van der Waals surface area contributed by atoms with E-state index in [2.05, 4.69) is 15.2 Å². The minimum absolute atomic E-state index is 0.0812. The second kappa shape index (κ2) is 17.1. The van der Waals surface area contributed by atoms with Gasteiger partial charge in [0, 0.05) is 50.5 Å². The summed E-state index contributed by atoms with van der Waals surface area (Å²) < 4.78 is 11.0. The number of likely N-dealkylation sites (N-methyl/N-ethyl adjacent to an activating group) is 1. The van der Waals surface area contributed by atoms with Gasteiger partial charge in [-0.05, 0) is 78.9 Å². The average Bonchev–Trinajstić information content (AvgIpc) is 3.77. The number of nitrogens with one attached hydrogen (secondary N) is 1. The van der Waals surface area contributed by atoms with Crippen LogP contribution in [0.1, 0.15) is 41.7 Å². The molecule has 2 aliphatic heterocycles. The highest BCUT2D eigenvalue weighted by atomic mass is 32.2. The van der Waals surface area contributed by atoms with Crippen molar-refractivity contribution < 1.29 is 23.9 Å². The van der Waals surface area contributed by atoms with Gasteiger partial charge in [0.15, 0.2) is 5.17 Å². The molecule has 0 radical (unpaired) electrons. The molecule has 51 heavy (non-hydrogen) atoms. The van der Waals surface area contributed by atoms with Crippen LogP contribution in [0.2, 0.25) is 0 Å². The predicted octanol–water partition coefficient (Wildman–Crippen LogP) is 6.80. The monoisotopic (exact) mass is 706 g/mol. The minimum atomic E-state index is -0.621. The summed E-state index contributed by atoms with van der Waals surface area (Å²) in [6.45, 7) is 5.05. The lowest BCUT2D eigenvalue weighted by Gasteiger charge is -2.23. The van der Waals surface area contributed by atoms with E-state index < -0.39 is 17.4 Å². The van der Waals surface area contributed by atoms with E-state index in [9.17, 15) is 14.4 Å². The van der Waals surface area contributed by atoms with Gasteiger partial charge in [-0.2, -0.15) is 0 Å². The topological polar surface area (TPSA) is 117 Å². The van der Waals surface area contributed by atoms with E-state index in [0.29, 0.717) is 50.0 Å². The predicted molar refractivity (Wildman–Crippen MR) is 200 cm³/mol. The molecule has 12 heteroatoms. The summed E-state index contributed by atoms with van der Waals surface area (Å²) in [5.74, 6) is -0.353. The maximum Gasteiger partial charge on any atom is 0.410 e. The summed E-state index contributed by atoms with van der Waals surface area (Å²) in [5.41, 5.74) is 4.95. The molecule has 6 rings (SSSR count). The van der Waals surface area contributed by atoms with Crippen LogP contribution in [-0.2, 0) is 32.2 Å². The zero-order valence-electron chi connectivity index (χ0n) is 28.8. The lowest BCUT2D eigenvalue weighted by atomic mass is 10.1. The van der Waals surface area contributed by atoms with Crippen molar-refractivity contribution >= 4 is 51.9 Å². The van der Waals surface area contributed by atoms with Crippen molar-refractivity contribution in [2.45, 2.75) is 44.2 Å². The van der Waals surface area contributed by atoms with Crippen molar-refractivity contribution in [1.29, 1.82) is 0 Å². The zero-order valence-corrected chi connectivity index (χ0v) is 29.6. The molecule has 3 amide bonds. The van der Waals surface area contributed by atoms with E-state index >= 15 is 0 Å². The summed E-state index contributed by atoms with van der Waals surface area (Å²) in [6, 6.07) is 27.8. The number of carbonyl (C=O) groups is 3. The van der Waals surface area contributed by atoms with Gasteiger partial charge in [-0.25, -0.2) is 9.79 Å². The largest absolute Gasteiger partial charge is 0.445 e. The Labute approximate surface area is 302 Å². The Bertz CT molecular complexity index is 1810. The third-order valence-electron chi connectivity index (χ3n) is 8.77. The molecule has 3 aromatic carbocycles. The molecule has 2 saturated heterocycles. The minimum Gasteiger partial charge on any atom is -0.445 e. The van der Waals surface area contributed by atoms with Crippen LogP contribution in [0.25, 0.3) is 0 Å². The van der Waals surface area contributed by atoms with Gasteiger partial charge in [-0.1, -0.05) is 60.3 Å². The number of likely N-dealkylation sites (tertiary alicyclic amines) is 1. The first-order valence-electron chi connectivity index (χ1n) is 17.1. The molecule has 3 heterocycles. The zero-order chi connectivity index (χ0) is 35.6. The molecule has 2 aliphatic rings.